The Kier molecular flexibility index (Phi) is 4.61. The van der Waals surface area contributed by atoms with Gasteiger partial charge in [0.25, 0.3) is 0 Å². The molecule has 0 radical (unpaired) electrons. The summed E-state index contributed by atoms with van der Waals surface area (Å²) in [6.07, 6.45) is 2.75. The van der Waals surface area contributed by atoms with Crippen LogP contribution < -0.4 is 0 Å². The highest BCUT2D eigenvalue weighted by molar-refractivity contribution is 5.87. The second-order valence-corrected chi connectivity index (χ2v) is 5.67. The number of hydrogen-bond donors (Lipinski definition) is 0. The summed E-state index contributed by atoms with van der Waals surface area (Å²) in [5, 5.41) is 0. The lowest BCUT2D eigenvalue weighted by Crippen LogP contribution is -2.05. The zero-order valence-electron chi connectivity index (χ0n) is 13.8. The second-order valence-electron chi connectivity index (χ2n) is 5.67. The predicted molar refractivity (Wildman–Crippen MR) is 88.9 cm³/mol. The maximum Gasteiger partial charge on any atom is 0.417 e. The average Bonchev–Trinajstić information content (AvgIpc) is 2.75. The summed E-state index contributed by atoms with van der Waals surface area (Å²) in [6, 6.07) is 1.02. The Morgan fingerprint density at radius 1 is 1.32 bits per heavy atom. The summed E-state index contributed by atoms with van der Waals surface area (Å²) < 4.78 is 45.9. The minimum absolute atomic E-state index is 0.203. The molecule has 3 rings (SSSR count). The molecule has 0 bridgehead atoms. The molecule has 0 saturated heterocycles. The van der Waals surface area contributed by atoms with Crippen molar-refractivity contribution in [3.63, 3.8) is 0 Å². The number of aliphatic imine (C=N–C) groups is 1. The first kappa shape index (κ1) is 17.2. The van der Waals surface area contributed by atoms with Crippen LogP contribution in [0.15, 0.2) is 35.3 Å². The number of ether oxygens (including phenoxy) is 1. The molecule has 0 atom stereocenters. The van der Waals surface area contributed by atoms with Crippen LogP contribution in [0.4, 0.5) is 13.2 Å². The molecule has 0 N–H and O–H groups in total. The molecular weight excluding hydrogens is 333 g/mol. The Morgan fingerprint density at radius 2 is 2.12 bits per heavy atom. The predicted octanol–water partition coefficient (Wildman–Crippen LogP) is 4.11. The van der Waals surface area contributed by atoms with E-state index in [-0.39, 0.29) is 5.52 Å². The van der Waals surface area contributed by atoms with Crippen molar-refractivity contribution in [2.24, 2.45) is 12.0 Å². The number of allylic oxidation sites excluding steroid dienone is 2. The van der Waals surface area contributed by atoms with Gasteiger partial charge in [-0.05, 0) is 18.6 Å². The van der Waals surface area contributed by atoms with E-state index in [0.29, 0.717) is 30.3 Å². The maximum atomic E-state index is 12.9. The van der Waals surface area contributed by atoms with E-state index in [1.165, 1.54) is 0 Å². The lowest BCUT2D eigenvalue weighted by Gasteiger charge is -2.10. The zero-order chi connectivity index (χ0) is 18.0. The van der Waals surface area contributed by atoms with Gasteiger partial charge < -0.3 is 9.30 Å². The third-order valence-corrected chi connectivity index (χ3v) is 3.76. The van der Waals surface area contributed by atoms with Gasteiger partial charge in [-0.25, -0.2) is 9.97 Å². The van der Waals surface area contributed by atoms with E-state index in [9.17, 15) is 13.2 Å². The minimum Gasteiger partial charge on any atom is -0.496 e. The zero-order valence-corrected chi connectivity index (χ0v) is 13.8. The monoisotopic (exact) mass is 350 g/mol. The molecule has 8 heteroatoms. The SMILES string of the molecule is CCCOC1=CN=CC=C(c2nc3cc(C(F)(F)F)cnc3n2C)C1. The maximum absolute atomic E-state index is 12.9. The lowest BCUT2D eigenvalue weighted by molar-refractivity contribution is -0.137. The Bertz CT molecular complexity index is 878. The quantitative estimate of drug-likeness (QED) is 0.834. The summed E-state index contributed by atoms with van der Waals surface area (Å²) in [6.45, 7) is 2.58. The van der Waals surface area contributed by atoms with Crippen molar-refractivity contribution in [2.45, 2.75) is 25.9 Å². The normalized spacial score (nSPS) is 15.1. The largest absolute Gasteiger partial charge is 0.496 e. The van der Waals surface area contributed by atoms with Crippen molar-refractivity contribution in [1.82, 2.24) is 14.5 Å². The van der Waals surface area contributed by atoms with Gasteiger partial charge in [-0.2, -0.15) is 13.2 Å². The number of fused-ring (bicyclic) bond motifs is 1. The Hall–Kier alpha value is -2.64. The molecular formula is C17H17F3N4O. The average molecular weight is 350 g/mol. The molecule has 1 aliphatic heterocycles. The van der Waals surface area contributed by atoms with E-state index in [0.717, 1.165) is 24.3 Å². The van der Waals surface area contributed by atoms with Crippen LogP contribution >= 0.6 is 0 Å². The van der Waals surface area contributed by atoms with E-state index < -0.39 is 11.7 Å². The van der Waals surface area contributed by atoms with Crippen molar-refractivity contribution >= 4 is 23.0 Å². The second kappa shape index (κ2) is 6.70. The number of aryl methyl sites for hydroxylation is 1. The lowest BCUT2D eigenvalue weighted by atomic mass is 10.1. The van der Waals surface area contributed by atoms with Crippen molar-refractivity contribution in [1.29, 1.82) is 0 Å². The van der Waals surface area contributed by atoms with Crippen LogP contribution in [0.3, 0.4) is 0 Å². The van der Waals surface area contributed by atoms with Gasteiger partial charge in [0.05, 0.1) is 18.4 Å². The summed E-state index contributed by atoms with van der Waals surface area (Å²) in [4.78, 5) is 12.4. The highest BCUT2D eigenvalue weighted by atomic mass is 19.4. The standard InChI is InChI=1S/C17H17F3N4O/c1-3-6-25-13-7-11(4-5-21-10-13)15-23-14-8-12(17(18,19)20)9-22-16(14)24(15)2/h4-5,8-10H,3,6-7H2,1-2H3. The first-order valence-corrected chi connectivity index (χ1v) is 7.84. The first-order chi connectivity index (χ1) is 11.9. The Morgan fingerprint density at radius 3 is 2.84 bits per heavy atom. The molecule has 132 valence electrons. The van der Waals surface area contributed by atoms with Crippen LogP contribution in [0.2, 0.25) is 0 Å². The Balaban J connectivity index is 1.98. The number of halogens is 3. The van der Waals surface area contributed by atoms with Crippen molar-refractivity contribution in [3.8, 4) is 0 Å². The third kappa shape index (κ3) is 3.57. The molecule has 0 amide bonds. The first-order valence-electron chi connectivity index (χ1n) is 7.84. The molecule has 0 aromatic carbocycles. The fourth-order valence-electron chi connectivity index (χ4n) is 2.54. The van der Waals surface area contributed by atoms with Gasteiger partial charge in [-0.15, -0.1) is 0 Å². The molecule has 25 heavy (non-hydrogen) atoms. The van der Waals surface area contributed by atoms with E-state index in [1.54, 1.807) is 30.1 Å². The molecule has 0 spiro atoms. The van der Waals surface area contributed by atoms with Crippen LogP contribution in [-0.2, 0) is 18.0 Å². The Labute approximate surface area is 142 Å². The van der Waals surface area contributed by atoms with Crippen molar-refractivity contribution in [3.05, 3.63) is 41.7 Å². The molecule has 2 aromatic rings. The topological polar surface area (TPSA) is 52.3 Å². The molecule has 0 saturated carbocycles. The fraction of sp³-hybridized carbons (Fsp3) is 0.353. The highest BCUT2D eigenvalue weighted by Crippen LogP contribution is 2.32. The molecule has 1 aliphatic rings. The van der Waals surface area contributed by atoms with E-state index in [1.807, 2.05) is 6.92 Å². The molecule has 2 aromatic heterocycles. The third-order valence-electron chi connectivity index (χ3n) is 3.76. The molecule has 0 aliphatic carbocycles. The van der Waals surface area contributed by atoms with Gasteiger partial charge >= 0.3 is 6.18 Å². The van der Waals surface area contributed by atoms with E-state index in [2.05, 4.69) is 15.0 Å². The molecule has 3 heterocycles. The smallest absolute Gasteiger partial charge is 0.417 e. The van der Waals surface area contributed by atoms with Crippen molar-refractivity contribution in [2.75, 3.05) is 6.61 Å². The van der Waals surface area contributed by atoms with Gasteiger partial charge in [0.2, 0.25) is 0 Å². The summed E-state index contributed by atoms with van der Waals surface area (Å²) >= 11 is 0. The van der Waals surface area contributed by atoms with Crippen LogP contribution in [0.5, 0.6) is 0 Å². The molecule has 0 fully saturated rings. The summed E-state index contributed by atoms with van der Waals surface area (Å²) in [7, 11) is 1.73. The molecule has 0 unspecified atom stereocenters. The highest BCUT2D eigenvalue weighted by Gasteiger charge is 2.31. The van der Waals surface area contributed by atoms with Gasteiger partial charge in [-0.1, -0.05) is 6.92 Å². The van der Waals surface area contributed by atoms with Gasteiger partial charge in [0, 0.05) is 31.5 Å². The number of rotatable bonds is 4. The van der Waals surface area contributed by atoms with Crippen LogP contribution in [0.25, 0.3) is 16.7 Å². The number of hydrogen-bond acceptors (Lipinski definition) is 4. The van der Waals surface area contributed by atoms with Crippen LogP contribution in [0, 0.1) is 0 Å². The molecule has 5 nitrogen and oxygen atoms in total. The van der Waals surface area contributed by atoms with E-state index in [4.69, 9.17) is 4.74 Å². The van der Waals surface area contributed by atoms with Gasteiger partial charge in [0.1, 0.15) is 17.1 Å². The summed E-state index contributed by atoms with van der Waals surface area (Å²) in [5.41, 5.74) is 0.588. The fourth-order valence-corrected chi connectivity index (χ4v) is 2.54. The number of nitrogens with zero attached hydrogens (tertiary/aromatic N) is 4. The van der Waals surface area contributed by atoms with Gasteiger partial charge in [-0.3, -0.25) is 4.99 Å². The van der Waals surface area contributed by atoms with Crippen molar-refractivity contribution < 1.29 is 17.9 Å². The van der Waals surface area contributed by atoms with Crippen LogP contribution in [-0.4, -0.2) is 27.4 Å². The number of imidazole rings is 1. The van der Waals surface area contributed by atoms with Crippen LogP contribution in [0.1, 0.15) is 31.2 Å². The van der Waals surface area contributed by atoms with Gasteiger partial charge in [0.15, 0.2) is 5.65 Å². The minimum atomic E-state index is -4.45. The number of aromatic nitrogens is 3. The summed E-state index contributed by atoms with van der Waals surface area (Å²) in [5.74, 6) is 1.24. The number of pyridine rings is 1. The van der Waals surface area contributed by atoms with E-state index >= 15 is 0 Å². The number of alkyl halides is 3.